The van der Waals surface area contributed by atoms with Crippen molar-refractivity contribution in [2.75, 3.05) is 0 Å². The van der Waals surface area contributed by atoms with Crippen LogP contribution in [0.5, 0.6) is 0 Å². The molecule has 3 aromatic carbocycles. The molecule has 0 aliphatic carbocycles. The molecular formula is C30H30N4O5S. The Bertz CT molecular complexity index is 1580. The van der Waals surface area contributed by atoms with Crippen molar-refractivity contribution in [3.05, 3.63) is 125 Å². The Balaban J connectivity index is 1.41. The molecule has 4 aromatic rings. The second-order valence-electron chi connectivity index (χ2n) is 9.24. The van der Waals surface area contributed by atoms with Crippen LogP contribution < -0.4 is 10.7 Å². The van der Waals surface area contributed by atoms with E-state index in [0.717, 1.165) is 22.3 Å². The number of furan rings is 1. The summed E-state index contributed by atoms with van der Waals surface area (Å²) in [7, 11) is -3.84. The van der Waals surface area contributed by atoms with Gasteiger partial charge in [-0.1, -0.05) is 77.9 Å². The zero-order valence-electron chi connectivity index (χ0n) is 22.2. The summed E-state index contributed by atoms with van der Waals surface area (Å²) in [6, 6.07) is 26.8. The van der Waals surface area contributed by atoms with Crippen molar-refractivity contribution >= 4 is 28.1 Å². The van der Waals surface area contributed by atoms with E-state index in [0.29, 0.717) is 5.76 Å². The number of carbonyl (C=O) groups is 2. The molecule has 2 amide bonds. The standard InChI is InChI=1S/C30H30N4O5S/c1-22-8-12-25(13-9-22)20-34(40(37,38)28-16-10-23(2)11-17-28)21-27-15-14-26(39-27)19-32-33-30(36)29(35)31-18-24-6-4-3-5-7-24/h3-17,19H,18,20-21H2,1-2H3,(H,31,35)(H,33,36)/b32-19+. The van der Waals surface area contributed by atoms with E-state index < -0.39 is 21.8 Å². The molecule has 0 radical (unpaired) electrons. The summed E-state index contributed by atoms with van der Waals surface area (Å²) in [6.45, 7) is 4.20. The van der Waals surface area contributed by atoms with E-state index in [-0.39, 0.29) is 30.3 Å². The fourth-order valence-corrected chi connectivity index (χ4v) is 5.16. The van der Waals surface area contributed by atoms with E-state index in [2.05, 4.69) is 15.8 Å². The lowest BCUT2D eigenvalue weighted by Crippen LogP contribution is -2.37. The molecule has 4 rings (SSSR count). The second kappa shape index (κ2) is 13.0. The number of hydrogen-bond acceptors (Lipinski definition) is 6. The van der Waals surface area contributed by atoms with E-state index in [9.17, 15) is 18.0 Å². The third-order valence-electron chi connectivity index (χ3n) is 6.01. The lowest BCUT2D eigenvalue weighted by Gasteiger charge is -2.21. The Morgan fingerprint density at radius 3 is 2.12 bits per heavy atom. The topological polar surface area (TPSA) is 121 Å². The predicted octanol–water partition coefficient (Wildman–Crippen LogP) is 4.05. The van der Waals surface area contributed by atoms with Crippen molar-refractivity contribution in [3.63, 3.8) is 0 Å². The van der Waals surface area contributed by atoms with E-state index >= 15 is 0 Å². The minimum atomic E-state index is -3.84. The average molecular weight is 559 g/mol. The third-order valence-corrected chi connectivity index (χ3v) is 7.82. The molecule has 0 aliphatic rings. The highest BCUT2D eigenvalue weighted by atomic mass is 32.2. The highest BCUT2D eigenvalue weighted by Crippen LogP contribution is 2.22. The van der Waals surface area contributed by atoms with Crippen molar-refractivity contribution in [3.8, 4) is 0 Å². The molecule has 0 saturated heterocycles. The third kappa shape index (κ3) is 7.75. The molecule has 0 spiro atoms. The SMILES string of the molecule is Cc1ccc(CN(Cc2ccc(/C=N/NC(=O)C(=O)NCc3ccccc3)o2)S(=O)(=O)c2ccc(C)cc2)cc1. The number of amides is 2. The van der Waals surface area contributed by atoms with Crippen molar-refractivity contribution in [1.82, 2.24) is 15.0 Å². The number of nitrogens with zero attached hydrogens (tertiary/aromatic N) is 2. The van der Waals surface area contributed by atoms with Crippen LogP contribution in [0.1, 0.15) is 33.8 Å². The second-order valence-corrected chi connectivity index (χ2v) is 11.2. The smallest absolute Gasteiger partial charge is 0.329 e. The van der Waals surface area contributed by atoms with Crippen LogP contribution in [0.25, 0.3) is 0 Å². The lowest BCUT2D eigenvalue weighted by molar-refractivity contribution is -0.139. The first-order chi connectivity index (χ1) is 19.2. The molecule has 0 bridgehead atoms. The zero-order chi connectivity index (χ0) is 28.5. The number of nitrogens with one attached hydrogen (secondary N) is 2. The molecule has 40 heavy (non-hydrogen) atoms. The summed E-state index contributed by atoms with van der Waals surface area (Å²) in [6.07, 6.45) is 1.24. The lowest BCUT2D eigenvalue weighted by atomic mass is 10.1. The molecular weight excluding hydrogens is 528 g/mol. The van der Waals surface area contributed by atoms with Crippen LogP contribution in [0.3, 0.4) is 0 Å². The minimum absolute atomic E-state index is 0.0216. The number of aryl methyl sites for hydroxylation is 2. The molecule has 0 saturated carbocycles. The van der Waals surface area contributed by atoms with Gasteiger partial charge in [-0.05, 0) is 49.2 Å². The van der Waals surface area contributed by atoms with Gasteiger partial charge in [0, 0.05) is 13.1 Å². The van der Waals surface area contributed by atoms with Crippen LogP contribution in [-0.4, -0.2) is 30.8 Å². The molecule has 1 aromatic heterocycles. The number of carbonyl (C=O) groups excluding carboxylic acids is 2. The van der Waals surface area contributed by atoms with Gasteiger partial charge in [0.2, 0.25) is 10.0 Å². The van der Waals surface area contributed by atoms with Gasteiger partial charge in [0.15, 0.2) is 0 Å². The van der Waals surface area contributed by atoms with Crippen LogP contribution in [-0.2, 0) is 39.2 Å². The van der Waals surface area contributed by atoms with Crippen molar-refractivity contribution < 1.29 is 22.4 Å². The largest absolute Gasteiger partial charge is 0.459 e. The Labute approximate surface area is 233 Å². The average Bonchev–Trinajstić information content (AvgIpc) is 3.40. The Morgan fingerprint density at radius 2 is 1.45 bits per heavy atom. The van der Waals surface area contributed by atoms with Gasteiger partial charge < -0.3 is 9.73 Å². The van der Waals surface area contributed by atoms with Gasteiger partial charge in [0.05, 0.1) is 17.7 Å². The molecule has 0 atom stereocenters. The first-order valence-electron chi connectivity index (χ1n) is 12.6. The van der Waals surface area contributed by atoms with Gasteiger partial charge in [-0.2, -0.15) is 9.41 Å². The summed E-state index contributed by atoms with van der Waals surface area (Å²) >= 11 is 0. The first-order valence-corrected chi connectivity index (χ1v) is 14.0. The molecule has 0 unspecified atom stereocenters. The minimum Gasteiger partial charge on any atom is -0.459 e. The van der Waals surface area contributed by atoms with Crippen LogP contribution in [0.2, 0.25) is 0 Å². The van der Waals surface area contributed by atoms with Crippen molar-refractivity contribution in [2.45, 2.75) is 38.4 Å². The summed E-state index contributed by atoms with van der Waals surface area (Å²) < 4.78 is 34.2. The Kier molecular flexibility index (Phi) is 9.26. The summed E-state index contributed by atoms with van der Waals surface area (Å²) in [5.41, 5.74) is 5.88. The normalized spacial score (nSPS) is 11.6. The summed E-state index contributed by atoms with van der Waals surface area (Å²) in [5, 5.41) is 6.30. The Morgan fingerprint density at radius 1 is 0.800 bits per heavy atom. The van der Waals surface area contributed by atoms with Crippen molar-refractivity contribution in [1.29, 1.82) is 0 Å². The summed E-state index contributed by atoms with van der Waals surface area (Å²) in [4.78, 5) is 24.2. The molecule has 2 N–H and O–H groups in total. The van der Waals surface area contributed by atoms with Gasteiger partial charge in [0.1, 0.15) is 11.5 Å². The molecule has 206 valence electrons. The molecule has 9 nitrogen and oxygen atoms in total. The van der Waals surface area contributed by atoms with Crippen LogP contribution in [0, 0.1) is 13.8 Å². The zero-order valence-corrected chi connectivity index (χ0v) is 23.0. The summed E-state index contributed by atoms with van der Waals surface area (Å²) in [5.74, 6) is -1.08. The van der Waals surface area contributed by atoms with Gasteiger partial charge in [0.25, 0.3) is 0 Å². The van der Waals surface area contributed by atoms with Gasteiger partial charge in [-0.3, -0.25) is 9.59 Å². The Hall–Kier alpha value is -4.54. The molecule has 0 fully saturated rings. The van der Waals surface area contributed by atoms with Crippen LogP contribution in [0.4, 0.5) is 0 Å². The number of hydrogen-bond donors (Lipinski definition) is 2. The first kappa shape index (κ1) is 28.5. The maximum absolute atomic E-state index is 13.6. The predicted molar refractivity (Wildman–Crippen MR) is 152 cm³/mol. The highest BCUT2D eigenvalue weighted by Gasteiger charge is 2.26. The molecule has 0 aliphatic heterocycles. The van der Waals surface area contributed by atoms with E-state index in [1.54, 1.807) is 36.4 Å². The maximum Gasteiger partial charge on any atom is 0.329 e. The van der Waals surface area contributed by atoms with E-state index in [1.165, 1.54) is 10.5 Å². The number of sulfonamides is 1. The quantitative estimate of drug-likeness (QED) is 0.173. The monoisotopic (exact) mass is 558 g/mol. The van der Waals surface area contributed by atoms with E-state index in [4.69, 9.17) is 4.42 Å². The van der Waals surface area contributed by atoms with Gasteiger partial charge in [-0.25, -0.2) is 13.8 Å². The fraction of sp³-hybridized carbons (Fsp3) is 0.167. The number of hydrazone groups is 1. The fourth-order valence-electron chi connectivity index (χ4n) is 3.77. The highest BCUT2D eigenvalue weighted by molar-refractivity contribution is 7.89. The molecule has 1 heterocycles. The van der Waals surface area contributed by atoms with Crippen molar-refractivity contribution in [2.24, 2.45) is 5.10 Å². The maximum atomic E-state index is 13.6. The van der Waals surface area contributed by atoms with Gasteiger partial charge in [-0.15, -0.1) is 0 Å². The van der Waals surface area contributed by atoms with Crippen LogP contribution >= 0.6 is 0 Å². The van der Waals surface area contributed by atoms with E-state index in [1.807, 2.05) is 68.4 Å². The van der Waals surface area contributed by atoms with Gasteiger partial charge >= 0.3 is 11.8 Å². The number of rotatable bonds is 10. The van der Waals surface area contributed by atoms with Crippen LogP contribution in [0.15, 0.2) is 105 Å². The molecule has 10 heteroatoms. The number of benzene rings is 3.